The molecule has 0 aromatic carbocycles. The van der Waals surface area contributed by atoms with Crippen LogP contribution in [0.15, 0.2) is 17.5 Å². The molecule has 0 radical (unpaired) electrons. The normalized spacial score (nSPS) is 21.4. The average molecular weight is 296 g/mol. The van der Waals surface area contributed by atoms with Crippen LogP contribution in [0.3, 0.4) is 0 Å². The Labute approximate surface area is 127 Å². The van der Waals surface area contributed by atoms with E-state index in [-0.39, 0.29) is 0 Å². The summed E-state index contributed by atoms with van der Waals surface area (Å²) in [6, 6.07) is 5.11. The molecular weight excluding hydrogens is 268 g/mol. The van der Waals surface area contributed by atoms with E-state index in [1.54, 1.807) is 0 Å². The summed E-state index contributed by atoms with van der Waals surface area (Å²) in [5.41, 5.74) is 0. The van der Waals surface area contributed by atoms with Crippen LogP contribution < -0.4 is 0 Å². The Morgan fingerprint density at radius 2 is 2.20 bits per heavy atom. The molecule has 1 aromatic heterocycles. The summed E-state index contributed by atoms with van der Waals surface area (Å²) >= 11 is 1.88. The van der Waals surface area contributed by atoms with Gasteiger partial charge >= 0.3 is 0 Å². The predicted octanol–water partition coefficient (Wildman–Crippen LogP) is 2.72. The largest absolute Gasteiger partial charge is 0.380 e. The zero-order valence-electron chi connectivity index (χ0n) is 12.9. The first-order valence-electron chi connectivity index (χ1n) is 7.90. The molecule has 1 aromatic rings. The highest BCUT2D eigenvalue weighted by Crippen LogP contribution is 2.15. The second-order valence-electron chi connectivity index (χ2n) is 5.42. The Morgan fingerprint density at radius 3 is 2.90 bits per heavy atom. The minimum absolute atomic E-state index is 0.701. The van der Waals surface area contributed by atoms with E-state index in [9.17, 15) is 0 Å². The molecule has 0 N–H and O–H groups in total. The van der Waals surface area contributed by atoms with Gasteiger partial charge in [-0.2, -0.15) is 0 Å². The second-order valence-corrected chi connectivity index (χ2v) is 6.46. The molecule has 0 unspecified atom stereocenters. The molecule has 4 heteroatoms. The molecule has 1 atom stereocenters. The van der Waals surface area contributed by atoms with Crippen molar-refractivity contribution in [3.8, 4) is 0 Å². The first-order valence-corrected chi connectivity index (χ1v) is 8.78. The lowest BCUT2D eigenvalue weighted by Gasteiger charge is -2.41. The molecular formula is C16H28N2OS. The van der Waals surface area contributed by atoms with E-state index >= 15 is 0 Å². The van der Waals surface area contributed by atoms with Crippen LogP contribution in [0.25, 0.3) is 0 Å². The molecule has 0 bridgehead atoms. The molecule has 114 valence electrons. The van der Waals surface area contributed by atoms with E-state index < -0.39 is 0 Å². The number of hydrogen-bond acceptors (Lipinski definition) is 4. The predicted molar refractivity (Wildman–Crippen MR) is 86.6 cm³/mol. The van der Waals surface area contributed by atoms with Crippen LogP contribution in [0.1, 0.15) is 25.1 Å². The van der Waals surface area contributed by atoms with Gasteiger partial charge in [-0.25, -0.2) is 0 Å². The maximum Gasteiger partial charge on any atom is 0.0593 e. The van der Waals surface area contributed by atoms with Crippen LogP contribution in [0, 0.1) is 0 Å². The smallest absolute Gasteiger partial charge is 0.0593 e. The lowest BCUT2D eigenvalue weighted by molar-refractivity contribution is 0.0418. The van der Waals surface area contributed by atoms with Crippen LogP contribution in [0.5, 0.6) is 0 Å². The summed E-state index contributed by atoms with van der Waals surface area (Å²) < 4.78 is 5.50. The van der Waals surface area contributed by atoms with Crippen molar-refractivity contribution in [1.82, 2.24) is 9.80 Å². The number of nitrogens with zero attached hydrogens (tertiary/aromatic N) is 2. The van der Waals surface area contributed by atoms with E-state index in [0.717, 1.165) is 19.8 Å². The third kappa shape index (κ3) is 4.85. The molecule has 1 fully saturated rings. The number of ether oxygens (including phenoxy) is 1. The summed E-state index contributed by atoms with van der Waals surface area (Å²) in [7, 11) is 0. The topological polar surface area (TPSA) is 15.7 Å². The van der Waals surface area contributed by atoms with E-state index in [1.165, 1.54) is 43.9 Å². The zero-order valence-corrected chi connectivity index (χ0v) is 13.7. The van der Waals surface area contributed by atoms with E-state index in [0.29, 0.717) is 6.04 Å². The molecule has 0 aliphatic carbocycles. The van der Waals surface area contributed by atoms with Crippen LogP contribution in [-0.2, 0) is 11.2 Å². The molecule has 1 saturated heterocycles. The van der Waals surface area contributed by atoms with Crippen molar-refractivity contribution < 1.29 is 4.74 Å². The Morgan fingerprint density at radius 1 is 1.30 bits per heavy atom. The summed E-state index contributed by atoms with van der Waals surface area (Å²) in [5.74, 6) is 0. The molecule has 1 aliphatic rings. The van der Waals surface area contributed by atoms with Gasteiger partial charge in [0.25, 0.3) is 0 Å². The standard InChI is InChI=1S/C16H28N2OS/c1-3-15-14-17(8-7-16-6-5-13-20-16)9-10-18(15)11-12-19-4-2/h5-6,13,15H,3-4,7-12,14H2,1-2H3/t15-/m0/s1. The fourth-order valence-electron chi connectivity index (χ4n) is 2.89. The molecule has 1 aliphatic heterocycles. The average Bonchev–Trinajstić information content (AvgIpc) is 2.99. The molecule has 0 spiro atoms. The molecule has 0 amide bonds. The van der Waals surface area contributed by atoms with Crippen LogP contribution in [0.4, 0.5) is 0 Å². The molecule has 20 heavy (non-hydrogen) atoms. The van der Waals surface area contributed by atoms with Crippen molar-refractivity contribution in [2.75, 3.05) is 45.9 Å². The van der Waals surface area contributed by atoms with Gasteiger partial charge in [-0.05, 0) is 31.2 Å². The fourth-order valence-corrected chi connectivity index (χ4v) is 3.59. The Bertz CT molecular complexity index is 355. The highest BCUT2D eigenvalue weighted by molar-refractivity contribution is 7.09. The zero-order chi connectivity index (χ0) is 14.2. The van der Waals surface area contributed by atoms with Crippen molar-refractivity contribution in [3.05, 3.63) is 22.4 Å². The van der Waals surface area contributed by atoms with Crippen molar-refractivity contribution in [2.24, 2.45) is 0 Å². The number of hydrogen-bond donors (Lipinski definition) is 0. The summed E-state index contributed by atoms with van der Waals surface area (Å²) in [6.07, 6.45) is 2.44. The Hall–Kier alpha value is -0.420. The van der Waals surface area contributed by atoms with Crippen LogP contribution in [0.2, 0.25) is 0 Å². The number of piperazine rings is 1. The lowest BCUT2D eigenvalue weighted by atomic mass is 10.1. The van der Waals surface area contributed by atoms with Gasteiger partial charge in [-0.1, -0.05) is 13.0 Å². The molecule has 0 saturated carbocycles. The molecule has 2 heterocycles. The monoisotopic (exact) mass is 296 g/mol. The summed E-state index contributed by atoms with van der Waals surface area (Å²) in [4.78, 5) is 6.75. The maximum absolute atomic E-state index is 5.50. The van der Waals surface area contributed by atoms with Gasteiger partial charge in [0.2, 0.25) is 0 Å². The van der Waals surface area contributed by atoms with Crippen LogP contribution >= 0.6 is 11.3 Å². The highest BCUT2D eigenvalue weighted by atomic mass is 32.1. The minimum Gasteiger partial charge on any atom is -0.380 e. The van der Waals surface area contributed by atoms with Gasteiger partial charge in [0, 0.05) is 50.2 Å². The van der Waals surface area contributed by atoms with Gasteiger partial charge in [0.15, 0.2) is 0 Å². The molecule has 3 nitrogen and oxygen atoms in total. The molecule has 2 rings (SSSR count). The highest BCUT2D eigenvalue weighted by Gasteiger charge is 2.24. The van der Waals surface area contributed by atoms with Gasteiger partial charge < -0.3 is 9.64 Å². The van der Waals surface area contributed by atoms with Gasteiger partial charge in [-0.3, -0.25) is 4.90 Å². The van der Waals surface area contributed by atoms with Crippen molar-refractivity contribution in [3.63, 3.8) is 0 Å². The van der Waals surface area contributed by atoms with E-state index in [4.69, 9.17) is 4.74 Å². The third-order valence-electron chi connectivity index (χ3n) is 4.14. The van der Waals surface area contributed by atoms with Gasteiger partial charge in [0.1, 0.15) is 0 Å². The number of rotatable bonds is 8. The van der Waals surface area contributed by atoms with Crippen molar-refractivity contribution in [1.29, 1.82) is 0 Å². The third-order valence-corrected chi connectivity index (χ3v) is 5.08. The quantitative estimate of drug-likeness (QED) is 0.686. The van der Waals surface area contributed by atoms with Gasteiger partial charge in [0.05, 0.1) is 6.61 Å². The van der Waals surface area contributed by atoms with Crippen molar-refractivity contribution >= 4 is 11.3 Å². The minimum atomic E-state index is 0.701. The second kappa shape index (κ2) is 8.78. The lowest BCUT2D eigenvalue weighted by Crippen LogP contribution is -2.53. The van der Waals surface area contributed by atoms with Crippen molar-refractivity contribution in [2.45, 2.75) is 32.7 Å². The van der Waals surface area contributed by atoms with E-state index in [1.807, 2.05) is 11.3 Å². The Kier molecular flexibility index (Phi) is 7.00. The first kappa shape index (κ1) is 16.0. The van der Waals surface area contributed by atoms with Crippen LogP contribution in [-0.4, -0.2) is 61.8 Å². The fraction of sp³-hybridized carbons (Fsp3) is 0.750. The maximum atomic E-state index is 5.50. The summed E-state index contributed by atoms with van der Waals surface area (Å²) in [5, 5.41) is 2.18. The van der Waals surface area contributed by atoms with E-state index in [2.05, 4.69) is 41.2 Å². The summed E-state index contributed by atoms with van der Waals surface area (Å²) in [6.45, 7) is 12.0. The first-order chi connectivity index (χ1) is 9.83. The SMILES string of the molecule is CCOCCN1CCN(CCc2cccs2)C[C@@H]1CC. The number of thiophene rings is 1. The Balaban J connectivity index is 1.73. The van der Waals surface area contributed by atoms with Gasteiger partial charge in [-0.15, -0.1) is 11.3 Å².